The normalized spacial score (nSPS) is 10.7. The Labute approximate surface area is 150 Å². The van der Waals surface area contributed by atoms with Gasteiger partial charge < -0.3 is 9.47 Å². The lowest BCUT2D eigenvalue weighted by molar-refractivity contribution is 0.0526. The second kappa shape index (κ2) is 9.35. The summed E-state index contributed by atoms with van der Waals surface area (Å²) in [6.45, 7) is 2.67. The molecule has 2 rings (SSSR count). The highest BCUT2D eigenvalue weighted by molar-refractivity contribution is 14.1. The summed E-state index contributed by atoms with van der Waals surface area (Å²) < 4.78 is 11.6. The molecule has 0 radical (unpaired) electrons. The number of rotatable bonds is 7. The van der Waals surface area contributed by atoms with Crippen LogP contribution in [0.1, 0.15) is 22.8 Å². The summed E-state index contributed by atoms with van der Waals surface area (Å²) in [6, 6.07) is 15.6. The van der Waals surface area contributed by atoms with E-state index in [2.05, 4.69) is 40.8 Å². The Bertz CT molecular complexity index is 666. The number of hydrogen-bond acceptors (Lipinski definition) is 3. The van der Waals surface area contributed by atoms with Crippen molar-refractivity contribution in [1.29, 1.82) is 0 Å². The van der Waals surface area contributed by atoms with E-state index in [4.69, 9.17) is 9.47 Å². The average Bonchev–Trinajstić information content (AvgIpc) is 2.57. The molecule has 0 amide bonds. The highest BCUT2D eigenvalue weighted by Crippen LogP contribution is 2.22. The molecule has 0 aromatic heterocycles. The van der Waals surface area contributed by atoms with E-state index in [0.717, 1.165) is 15.7 Å². The molecule has 3 nitrogen and oxygen atoms in total. The van der Waals surface area contributed by atoms with Gasteiger partial charge in [-0.2, -0.15) is 0 Å². The van der Waals surface area contributed by atoms with Crippen molar-refractivity contribution in [3.05, 3.63) is 75.4 Å². The predicted octanol–water partition coefficient (Wildman–Crippen LogP) is 4.65. The van der Waals surface area contributed by atoms with Crippen LogP contribution in [0.4, 0.5) is 0 Å². The zero-order valence-electron chi connectivity index (χ0n) is 13.0. The van der Waals surface area contributed by atoms with Crippen molar-refractivity contribution in [2.75, 3.05) is 13.2 Å². The van der Waals surface area contributed by atoms with Gasteiger partial charge in [-0.15, -0.1) is 0 Å². The van der Waals surface area contributed by atoms with Gasteiger partial charge in [-0.05, 0) is 59.7 Å². The van der Waals surface area contributed by atoms with Crippen LogP contribution in [-0.4, -0.2) is 19.2 Å². The molecular formula is C19H19IO3. The first kappa shape index (κ1) is 17.5. The highest BCUT2D eigenvalue weighted by Gasteiger charge is 2.09. The summed E-state index contributed by atoms with van der Waals surface area (Å²) in [5, 5.41) is 0. The first-order valence-electron chi connectivity index (χ1n) is 7.49. The number of benzene rings is 2. The van der Waals surface area contributed by atoms with Gasteiger partial charge in [0, 0.05) is 0 Å². The fraction of sp³-hybridized carbons (Fsp3) is 0.211. The monoisotopic (exact) mass is 422 g/mol. The topological polar surface area (TPSA) is 35.5 Å². The van der Waals surface area contributed by atoms with Crippen LogP contribution in [0, 0.1) is 3.57 Å². The lowest BCUT2D eigenvalue weighted by atomic mass is 10.1. The number of hydrogen-bond donors (Lipinski definition) is 0. The van der Waals surface area contributed by atoms with Crippen LogP contribution in [0.15, 0.2) is 60.7 Å². The lowest BCUT2D eigenvalue weighted by Crippen LogP contribution is -2.05. The van der Waals surface area contributed by atoms with Crippen molar-refractivity contribution in [2.24, 2.45) is 0 Å². The van der Waals surface area contributed by atoms with Gasteiger partial charge in [-0.25, -0.2) is 4.79 Å². The molecule has 0 saturated carbocycles. The molecule has 0 atom stereocenters. The van der Waals surface area contributed by atoms with E-state index < -0.39 is 0 Å². The van der Waals surface area contributed by atoms with Crippen LogP contribution in [-0.2, 0) is 11.2 Å². The molecule has 0 heterocycles. The third kappa shape index (κ3) is 5.71. The highest BCUT2D eigenvalue weighted by atomic mass is 127. The predicted molar refractivity (Wildman–Crippen MR) is 99.9 cm³/mol. The molecule has 0 bridgehead atoms. The van der Waals surface area contributed by atoms with Gasteiger partial charge in [0.15, 0.2) is 0 Å². The van der Waals surface area contributed by atoms with Gasteiger partial charge in [-0.3, -0.25) is 0 Å². The standard InChI is InChI=1S/C19H19IO3/c1-2-22-19(21)16-11-12-18(17(20)14-16)23-13-7-6-10-15-8-4-3-5-9-15/h3-9,11-12,14H,2,10,13H2,1H3/b7-6+. The van der Waals surface area contributed by atoms with Crippen molar-refractivity contribution in [1.82, 2.24) is 0 Å². The first-order chi connectivity index (χ1) is 11.2. The quantitative estimate of drug-likeness (QED) is 0.371. The second-order valence-electron chi connectivity index (χ2n) is 4.84. The number of allylic oxidation sites excluding steroid dienone is 1. The van der Waals surface area contributed by atoms with Crippen LogP contribution in [0.25, 0.3) is 0 Å². The summed E-state index contributed by atoms with van der Waals surface area (Å²) in [7, 11) is 0. The minimum Gasteiger partial charge on any atom is -0.488 e. The second-order valence-corrected chi connectivity index (χ2v) is 6.00. The van der Waals surface area contributed by atoms with E-state index in [1.807, 2.05) is 24.3 Å². The van der Waals surface area contributed by atoms with Crippen molar-refractivity contribution in [2.45, 2.75) is 13.3 Å². The molecule has 0 aliphatic heterocycles. The maximum atomic E-state index is 11.7. The Kier molecular flexibility index (Phi) is 7.13. The van der Waals surface area contributed by atoms with Gasteiger partial charge in [0.2, 0.25) is 0 Å². The van der Waals surface area contributed by atoms with E-state index in [1.165, 1.54) is 5.56 Å². The van der Waals surface area contributed by atoms with Gasteiger partial charge in [0.05, 0.1) is 15.7 Å². The average molecular weight is 422 g/mol. The molecular weight excluding hydrogens is 403 g/mol. The van der Waals surface area contributed by atoms with Crippen molar-refractivity contribution >= 4 is 28.6 Å². The lowest BCUT2D eigenvalue weighted by Gasteiger charge is -2.08. The number of esters is 1. The number of carbonyl (C=O) groups is 1. The maximum Gasteiger partial charge on any atom is 0.338 e. The third-order valence-corrected chi connectivity index (χ3v) is 3.98. The molecule has 4 heteroatoms. The molecule has 2 aromatic rings. The van der Waals surface area contributed by atoms with E-state index in [1.54, 1.807) is 25.1 Å². The molecule has 0 unspecified atom stereocenters. The minimum atomic E-state index is -0.306. The largest absolute Gasteiger partial charge is 0.488 e. The van der Waals surface area contributed by atoms with Crippen molar-refractivity contribution in [3.63, 3.8) is 0 Å². The third-order valence-electron chi connectivity index (χ3n) is 3.14. The Morgan fingerprint density at radius 3 is 2.61 bits per heavy atom. The van der Waals surface area contributed by atoms with Crippen LogP contribution in [0.5, 0.6) is 5.75 Å². The van der Waals surface area contributed by atoms with Crippen LogP contribution >= 0.6 is 22.6 Å². The fourth-order valence-corrected chi connectivity index (χ4v) is 2.67. The number of ether oxygens (including phenoxy) is 2. The SMILES string of the molecule is CCOC(=O)c1ccc(OC/C=C/Cc2ccccc2)c(I)c1. The molecule has 0 fully saturated rings. The Balaban J connectivity index is 1.85. The summed E-state index contributed by atoms with van der Waals surface area (Å²) in [5.41, 5.74) is 1.82. The van der Waals surface area contributed by atoms with Gasteiger partial charge in [0.1, 0.15) is 12.4 Å². The molecule has 0 N–H and O–H groups in total. The molecule has 120 valence electrons. The zero-order chi connectivity index (χ0) is 16.5. The minimum absolute atomic E-state index is 0.306. The van der Waals surface area contributed by atoms with Gasteiger partial charge in [-0.1, -0.05) is 42.5 Å². The summed E-state index contributed by atoms with van der Waals surface area (Å²) in [4.78, 5) is 11.7. The fourth-order valence-electron chi connectivity index (χ4n) is 2.00. The van der Waals surface area contributed by atoms with Gasteiger partial charge in [0.25, 0.3) is 0 Å². The Hall–Kier alpha value is -1.82. The van der Waals surface area contributed by atoms with E-state index in [-0.39, 0.29) is 5.97 Å². The smallest absolute Gasteiger partial charge is 0.338 e. The van der Waals surface area contributed by atoms with Crippen LogP contribution in [0.3, 0.4) is 0 Å². The Morgan fingerprint density at radius 1 is 1.13 bits per heavy atom. The van der Waals surface area contributed by atoms with E-state index in [0.29, 0.717) is 18.8 Å². The zero-order valence-corrected chi connectivity index (χ0v) is 15.2. The molecule has 0 aliphatic carbocycles. The van der Waals surface area contributed by atoms with Crippen molar-refractivity contribution < 1.29 is 14.3 Å². The summed E-state index contributed by atoms with van der Waals surface area (Å²) >= 11 is 2.16. The number of halogens is 1. The van der Waals surface area contributed by atoms with Crippen LogP contribution < -0.4 is 4.74 Å². The number of carbonyl (C=O) groups excluding carboxylic acids is 1. The van der Waals surface area contributed by atoms with E-state index in [9.17, 15) is 4.79 Å². The molecule has 0 aliphatic rings. The molecule has 0 spiro atoms. The summed E-state index contributed by atoms with van der Waals surface area (Å²) in [5.74, 6) is 0.461. The Morgan fingerprint density at radius 2 is 1.91 bits per heavy atom. The van der Waals surface area contributed by atoms with Gasteiger partial charge >= 0.3 is 5.97 Å². The maximum absolute atomic E-state index is 11.7. The first-order valence-corrected chi connectivity index (χ1v) is 8.57. The molecule has 23 heavy (non-hydrogen) atoms. The van der Waals surface area contributed by atoms with Crippen molar-refractivity contribution in [3.8, 4) is 5.75 Å². The molecule has 2 aromatic carbocycles. The summed E-state index contributed by atoms with van der Waals surface area (Å²) in [6.07, 6.45) is 4.99. The van der Waals surface area contributed by atoms with Crippen LogP contribution in [0.2, 0.25) is 0 Å². The molecule has 0 saturated heterocycles. The van der Waals surface area contributed by atoms with E-state index >= 15 is 0 Å².